The van der Waals surface area contributed by atoms with Crippen LogP contribution in [0.25, 0.3) is 29.0 Å². The van der Waals surface area contributed by atoms with Crippen LogP contribution in [0.3, 0.4) is 0 Å². The number of benzene rings is 2. The number of nitrogens with zero attached hydrogens (tertiary/aromatic N) is 3. The Balaban J connectivity index is 1.88. The molecule has 2 aromatic carbocycles. The molecule has 4 heteroatoms. The zero-order valence-corrected chi connectivity index (χ0v) is 13.8. The van der Waals surface area contributed by atoms with Crippen LogP contribution in [0, 0.1) is 0 Å². The minimum absolute atomic E-state index is 0.789. The molecule has 2 aromatic heterocycles. The Bertz CT molecular complexity index is 1020. The first-order chi connectivity index (χ1) is 12.3. The van der Waals surface area contributed by atoms with E-state index in [4.69, 9.17) is 9.72 Å². The molecular formula is C21H17N3O. The molecule has 0 fully saturated rings. The maximum atomic E-state index is 5.32. The SMILES string of the molecule is COc1ccc2c(c1)nc(C=Cc1ccccc1)n2-c1ccccn1. The monoisotopic (exact) mass is 327 g/mol. The molecule has 0 aliphatic heterocycles. The zero-order valence-electron chi connectivity index (χ0n) is 13.8. The summed E-state index contributed by atoms with van der Waals surface area (Å²) in [6.07, 6.45) is 5.85. The van der Waals surface area contributed by atoms with Crippen molar-refractivity contribution < 1.29 is 4.74 Å². The lowest BCUT2D eigenvalue weighted by molar-refractivity contribution is 0.415. The van der Waals surface area contributed by atoms with Crippen molar-refractivity contribution in [3.8, 4) is 11.6 Å². The summed E-state index contributed by atoms with van der Waals surface area (Å²) in [7, 11) is 1.66. The van der Waals surface area contributed by atoms with Crippen LogP contribution in [-0.4, -0.2) is 21.6 Å². The minimum Gasteiger partial charge on any atom is -0.497 e. The van der Waals surface area contributed by atoms with Gasteiger partial charge in [0.25, 0.3) is 0 Å². The largest absolute Gasteiger partial charge is 0.497 e. The van der Waals surface area contributed by atoms with Crippen molar-refractivity contribution in [3.05, 3.63) is 84.3 Å². The van der Waals surface area contributed by atoms with E-state index in [0.717, 1.165) is 34.0 Å². The van der Waals surface area contributed by atoms with E-state index in [0.29, 0.717) is 0 Å². The summed E-state index contributed by atoms with van der Waals surface area (Å²) in [6.45, 7) is 0. The second kappa shape index (κ2) is 6.61. The van der Waals surface area contributed by atoms with Crippen LogP contribution >= 0.6 is 0 Å². The van der Waals surface area contributed by atoms with E-state index in [-0.39, 0.29) is 0 Å². The third-order valence-corrected chi connectivity index (χ3v) is 3.99. The average Bonchev–Trinajstić information content (AvgIpc) is 3.05. The number of hydrogen-bond acceptors (Lipinski definition) is 3. The smallest absolute Gasteiger partial charge is 0.139 e. The molecule has 0 saturated carbocycles. The number of imidazole rings is 1. The number of aromatic nitrogens is 3. The second-order valence-electron chi connectivity index (χ2n) is 5.59. The molecule has 25 heavy (non-hydrogen) atoms. The second-order valence-corrected chi connectivity index (χ2v) is 5.59. The van der Waals surface area contributed by atoms with Gasteiger partial charge in [0, 0.05) is 12.3 Å². The molecule has 122 valence electrons. The Labute approximate surface area is 146 Å². The highest BCUT2D eigenvalue weighted by atomic mass is 16.5. The summed E-state index contributed by atoms with van der Waals surface area (Å²) >= 11 is 0. The fourth-order valence-corrected chi connectivity index (χ4v) is 2.78. The lowest BCUT2D eigenvalue weighted by Gasteiger charge is -2.06. The van der Waals surface area contributed by atoms with Gasteiger partial charge < -0.3 is 4.74 Å². The van der Waals surface area contributed by atoms with Gasteiger partial charge in [-0.15, -0.1) is 0 Å². The molecule has 0 aliphatic carbocycles. The predicted octanol–water partition coefficient (Wildman–Crippen LogP) is 4.60. The van der Waals surface area contributed by atoms with Gasteiger partial charge >= 0.3 is 0 Å². The van der Waals surface area contributed by atoms with Gasteiger partial charge in [0.1, 0.15) is 17.4 Å². The molecule has 0 spiro atoms. The molecule has 0 atom stereocenters. The predicted molar refractivity (Wildman–Crippen MR) is 101 cm³/mol. The first-order valence-corrected chi connectivity index (χ1v) is 8.06. The summed E-state index contributed by atoms with van der Waals surface area (Å²) in [5.41, 5.74) is 2.99. The Morgan fingerprint density at radius 3 is 2.52 bits per heavy atom. The standard InChI is InChI=1S/C21H17N3O/c1-25-17-11-12-19-18(15-17)23-21(13-10-16-7-3-2-4-8-16)24(19)20-9-5-6-14-22-20/h2-15H,1H3. The van der Waals surface area contributed by atoms with E-state index in [2.05, 4.69) is 23.2 Å². The lowest BCUT2D eigenvalue weighted by atomic mass is 10.2. The quantitative estimate of drug-likeness (QED) is 0.550. The van der Waals surface area contributed by atoms with Crippen LogP contribution < -0.4 is 4.74 Å². The number of rotatable bonds is 4. The lowest BCUT2D eigenvalue weighted by Crippen LogP contribution is -1.99. The van der Waals surface area contributed by atoms with Crippen molar-refractivity contribution in [3.63, 3.8) is 0 Å². The third-order valence-electron chi connectivity index (χ3n) is 3.99. The number of ether oxygens (including phenoxy) is 1. The maximum Gasteiger partial charge on any atom is 0.139 e. The maximum absolute atomic E-state index is 5.32. The average molecular weight is 327 g/mol. The first kappa shape index (κ1) is 15.1. The summed E-state index contributed by atoms with van der Waals surface area (Å²) in [5.74, 6) is 2.45. The molecule has 2 heterocycles. The highest BCUT2D eigenvalue weighted by Crippen LogP contribution is 2.25. The zero-order chi connectivity index (χ0) is 17.1. The van der Waals surface area contributed by atoms with E-state index in [1.54, 1.807) is 13.3 Å². The van der Waals surface area contributed by atoms with Crippen LogP contribution in [0.5, 0.6) is 5.75 Å². The van der Waals surface area contributed by atoms with Crippen molar-refractivity contribution in [1.29, 1.82) is 0 Å². The molecule has 4 nitrogen and oxygen atoms in total. The van der Waals surface area contributed by atoms with E-state index in [9.17, 15) is 0 Å². The summed E-state index contributed by atoms with van der Waals surface area (Å²) in [5, 5.41) is 0. The Morgan fingerprint density at radius 2 is 1.76 bits per heavy atom. The van der Waals surface area contributed by atoms with Crippen molar-refractivity contribution >= 4 is 23.2 Å². The highest BCUT2D eigenvalue weighted by molar-refractivity contribution is 5.83. The molecule has 0 N–H and O–H groups in total. The molecular weight excluding hydrogens is 310 g/mol. The van der Waals surface area contributed by atoms with Gasteiger partial charge in [0.05, 0.1) is 18.1 Å². The number of methoxy groups -OCH3 is 1. The van der Waals surface area contributed by atoms with Gasteiger partial charge in [-0.2, -0.15) is 0 Å². The van der Waals surface area contributed by atoms with Gasteiger partial charge in [-0.25, -0.2) is 9.97 Å². The first-order valence-electron chi connectivity index (χ1n) is 8.06. The van der Waals surface area contributed by atoms with Crippen molar-refractivity contribution in [2.24, 2.45) is 0 Å². The normalized spacial score (nSPS) is 11.2. The molecule has 0 saturated heterocycles. The Kier molecular flexibility index (Phi) is 4.01. The third kappa shape index (κ3) is 3.02. The van der Waals surface area contributed by atoms with E-state index < -0.39 is 0 Å². The molecule has 0 bridgehead atoms. The van der Waals surface area contributed by atoms with Gasteiger partial charge in [0.2, 0.25) is 0 Å². The van der Waals surface area contributed by atoms with Crippen LogP contribution in [0.15, 0.2) is 72.9 Å². The summed E-state index contributed by atoms with van der Waals surface area (Å²) < 4.78 is 7.37. The molecule has 4 rings (SSSR count). The molecule has 0 amide bonds. The number of hydrogen-bond donors (Lipinski definition) is 0. The topological polar surface area (TPSA) is 39.9 Å². The van der Waals surface area contributed by atoms with Crippen LogP contribution in [0.1, 0.15) is 11.4 Å². The van der Waals surface area contributed by atoms with Crippen LogP contribution in [-0.2, 0) is 0 Å². The fourth-order valence-electron chi connectivity index (χ4n) is 2.78. The molecule has 0 radical (unpaired) electrons. The van der Waals surface area contributed by atoms with Crippen molar-refractivity contribution in [2.75, 3.05) is 7.11 Å². The summed E-state index contributed by atoms with van der Waals surface area (Å²) in [6, 6.07) is 21.9. The number of fused-ring (bicyclic) bond motifs is 1. The van der Waals surface area contributed by atoms with Crippen LogP contribution in [0.4, 0.5) is 0 Å². The molecule has 0 aliphatic rings. The number of pyridine rings is 1. The van der Waals surface area contributed by atoms with E-state index in [1.165, 1.54) is 0 Å². The van der Waals surface area contributed by atoms with Crippen molar-refractivity contribution in [2.45, 2.75) is 0 Å². The van der Waals surface area contributed by atoms with E-state index >= 15 is 0 Å². The molecule has 0 unspecified atom stereocenters. The van der Waals surface area contributed by atoms with E-state index in [1.807, 2.05) is 65.2 Å². The van der Waals surface area contributed by atoms with Gasteiger partial charge in [-0.3, -0.25) is 4.57 Å². The Morgan fingerprint density at radius 1 is 0.920 bits per heavy atom. The molecule has 4 aromatic rings. The van der Waals surface area contributed by atoms with Gasteiger partial charge in [-0.05, 0) is 35.9 Å². The van der Waals surface area contributed by atoms with Gasteiger partial charge in [-0.1, -0.05) is 42.5 Å². The minimum atomic E-state index is 0.789. The van der Waals surface area contributed by atoms with Crippen molar-refractivity contribution in [1.82, 2.24) is 14.5 Å². The fraction of sp³-hybridized carbons (Fsp3) is 0.0476. The summed E-state index contributed by atoms with van der Waals surface area (Å²) in [4.78, 5) is 9.26. The van der Waals surface area contributed by atoms with Crippen LogP contribution in [0.2, 0.25) is 0 Å². The van der Waals surface area contributed by atoms with Gasteiger partial charge in [0.15, 0.2) is 0 Å². The Hall–Kier alpha value is -3.40. The highest BCUT2D eigenvalue weighted by Gasteiger charge is 2.12.